The van der Waals surface area contributed by atoms with Gasteiger partial charge in [-0.3, -0.25) is 0 Å². The van der Waals surface area contributed by atoms with Crippen molar-refractivity contribution in [3.05, 3.63) is 63.3 Å². The highest BCUT2D eigenvalue weighted by Gasteiger charge is 2.35. The maximum atomic E-state index is 5.49. The zero-order valence-electron chi connectivity index (χ0n) is 13.0. The molecular weight excluding hydrogens is 338 g/mol. The van der Waals surface area contributed by atoms with E-state index >= 15 is 0 Å². The number of hydrogen-bond acceptors (Lipinski definition) is 1. The van der Waals surface area contributed by atoms with Gasteiger partial charge in [0.05, 0.1) is 11.6 Å². The molecule has 0 atom stereocenters. The Bertz CT molecular complexity index is 892. The quantitative estimate of drug-likeness (QED) is 0.639. The molecule has 0 amide bonds. The summed E-state index contributed by atoms with van der Waals surface area (Å²) in [6.07, 6.45) is 0.959. The monoisotopic (exact) mass is 355 g/mol. The van der Waals surface area contributed by atoms with Crippen LogP contribution in [-0.2, 0) is 11.8 Å². The highest BCUT2D eigenvalue weighted by molar-refractivity contribution is 9.10. The largest absolute Gasteiger partial charge is 0.496 e. The Morgan fingerprint density at radius 2 is 1.95 bits per heavy atom. The third-order valence-electron chi connectivity index (χ3n) is 4.86. The van der Waals surface area contributed by atoms with E-state index < -0.39 is 0 Å². The van der Waals surface area contributed by atoms with Gasteiger partial charge < -0.3 is 9.72 Å². The summed E-state index contributed by atoms with van der Waals surface area (Å²) >= 11 is 3.62. The van der Waals surface area contributed by atoms with Crippen LogP contribution >= 0.6 is 15.9 Å². The van der Waals surface area contributed by atoms with Gasteiger partial charge in [-0.15, -0.1) is 0 Å². The molecule has 2 aromatic carbocycles. The molecule has 1 aliphatic carbocycles. The van der Waals surface area contributed by atoms with E-state index in [0.717, 1.165) is 16.6 Å². The molecule has 0 bridgehead atoms. The third-order valence-corrected chi connectivity index (χ3v) is 5.48. The molecule has 1 aromatic heterocycles. The number of halogens is 1. The lowest BCUT2D eigenvalue weighted by Crippen LogP contribution is -2.27. The van der Waals surface area contributed by atoms with Crippen molar-refractivity contribution in [3.63, 3.8) is 0 Å². The third kappa shape index (κ3) is 1.78. The summed E-state index contributed by atoms with van der Waals surface area (Å²) in [6, 6.07) is 13.0. The molecule has 0 radical (unpaired) electrons. The number of para-hydroxylation sites is 1. The normalized spacial score (nSPS) is 15.5. The molecule has 1 N–H and O–H groups in total. The molecule has 112 valence electrons. The first kappa shape index (κ1) is 13.9. The van der Waals surface area contributed by atoms with Crippen LogP contribution in [0.25, 0.3) is 10.9 Å². The Balaban J connectivity index is 2.02. The summed E-state index contributed by atoms with van der Waals surface area (Å²) in [5.74, 6) is 0.895. The number of nitrogens with one attached hydrogen (secondary N) is 1. The summed E-state index contributed by atoms with van der Waals surface area (Å²) in [4.78, 5) is 3.65. The van der Waals surface area contributed by atoms with Gasteiger partial charge in [-0.25, -0.2) is 0 Å². The SMILES string of the molecule is COc1cc2c(cc1Br)Cc1c([nH]c3ccccc13)C2(C)C. The molecule has 0 spiro atoms. The number of aromatic nitrogens is 1. The lowest BCUT2D eigenvalue weighted by Gasteiger charge is -2.33. The molecule has 22 heavy (non-hydrogen) atoms. The van der Waals surface area contributed by atoms with Crippen molar-refractivity contribution in [2.75, 3.05) is 7.11 Å². The Hall–Kier alpha value is -1.74. The minimum atomic E-state index is -0.0596. The van der Waals surface area contributed by atoms with Crippen LogP contribution in [0.15, 0.2) is 40.9 Å². The van der Waals surface area contributed by atoms with Crippen molar-refractivity contribution < 1.29 is 4.74 Å². The van der Waals surface area contributed by atoms with E-state index in [1.54, 1.807) is 7.11 Å². The Morgan fingerprint density at radius 1 is 1.18 bits per heavy atom. The summed E-state index contributed by atoms with van der Waals surface area (Å²) in [5.41, 5.74) is 6.62. The van der Waals surface area contributed by atoms with Crippen molar-refractivity contribution in [3.8, 4) is 5.75 Å². The van der Waals surface area contributed by atoms with E-state index in [0.29, 0.717) is 0 Å². The van der Waals surface area contributed by atoms with Gasteiger partial charge in [0.1, 0.15) is 5.75 Å². The highest BCUT2D eigenvalue weighted by atomic mass is 79.9. The van der Waals surface area contributed by atoms with Crippen LogP contribution in [0.1, 0.15) is 36.2 Å². The zero-order valence-corrected chi connectivity index (χ0v) is 14.5. The Morgan fingerprint density at radius 3 is 2.73 bits per heavy atom. The fraction of sp³-hybridized carbons (Fsp3) is 0.263. The second-order valence-corrected chi connectivity index (χ2v) is 7.32. The maximum Gasteiger partial charge on any atom is 0.133 e. The summed E-state index contributed by atoms with van der Waals surface area (Å²) in [7, 11) is 1.72. The topological polar surface area (TPSA) is 25.0 Å². The van der Waals surface area contributed by atoms with E-state index in [-0.39, 0.29) is 5.41 Å². The molecule has 1 heterocycles. The highest BCUT2D eigenvalue weighted by Crippen LogP contribution is 2.46. The van der Waals surface area contributed by atoms with Gasteiger partial charge in [0.25, 0.3) is 0 Å². The number of methoxy groups -OCH3 is 1. The second-order valence-electron chi connectivity index (χ2n) is 6.47. The van der Waals surface area contributed by atoms with Gasteiger partial charge in [0.2, 0.25) is 0 Å². The number of H-pyrrole nitrogens is 1. The molecule has 0 fully saturated rings. The number of hydrogen-bond donors (Lipinski definition) is 1. The fourth-order valence-electron chi connectivity index (χ4n) is 3.72. The average Bonchev–Trinajstić information content (AvgIpc) is 2.87. The first-order chi connectivity index (χ1) is 10.5. The second kappa shape index (κ2) is 4.63. The first-order valence-electron chi connectivity index (χ1n) is 7.49. The van der Waals surface area contributed by atoms with Gasteiger partial charge in [0, 0.05) is 28.4 Å². The van der Waals surface area contributed by atoms with Crippen LogP contribution in [0, 0.1) is 0 Å². The van der Waals surface area contributed by atoms with Gasteiger partial charge in [-0.1, -0.05) is 32.0 Å². The van der Waals surface area contributed by atoms with E-state index in [2.05, 4.69) is 71.2 Å². The molecule has 0 unspecified atom stereocenters. The van der Waals surface area contributed by atoms with Crippen LogP contribution in [-0.4, -0.2) is 12.1 Å². The lowest BCUT2D eigenvalue weighted by atomic mass is 9.72. The van der Waals surface area contributed by atoms with E-state index in [1.165, 1.54) is 33.3 Å². The van der Waals surface area contributed by atoms with Crippen molar-refractivity contribution in [2.45, 2.75) is 25.7 Å². The molecule has 2 nitrogen and oxygen atoms in total. The fourth-order valence-corrected chi connectivity index (χ4v) is 4.27. The van der Waals surface area contributed by atoms with Crippen molar-refractivity contribution in [2.24, 2.45) is 0 Å². The summed E-state index contributed by atoms with van der Waals surface area (Å²) in [6.45, 7) is 4.57. The maximum absolute atomic E-state index is 5.49. The lowest BCUT2D eigenvalue weighted by molar-refractivity contribution is 0.409. The molecule has 0 aliphatic heterocycles. The number of rotatable bonds is 1. The summed E-state index contributed by atoms with van der Waals surface area (Å²) < 4.78 is 6.52. The predicted molar refractivity (Wildman–Crippen MR) is 93.9 cm³/mol. The number of ether oxygens (including phenoxy) is 1. The minimum Gasteiger partial charge on any atom is -0.496 e. The van der Waals surface area contributed by atoms with Crippen LogP contribution in [0.3, 0.4) is 0 Å². The number of aromatic amines is 1. The minimum absolute atomic E-state index is 0.0596. The van der Waals surface area contributed by atoms with Crippen LogP contribution in [0.2, 0.25) is 0 Å². The molecule has 0 saturated heterocycles. The number of benzene rings is 2. The summed E-state index contributed by atoms with van der Waals surface area (Å²) in [5, 5.41) is 1.34. The van der Waals surface area contributed by atoms with E-state index in [1.807, 2.05) is 0 Å². The van der Waals surface area contributed by atoms with Gasteiger partial charge in [-0.2, -0.15) is 0 Å². The molecule has 1 aliphatic rings. The average molecular weight is 356 g/mol. The zero-order chi connectivity index (χ0) is 15.5. The molecule has 0 saturated carbocycles. The van der Waals surface area contributed by atoms with E-state index in [4.69, 9.17) is 4.74 Å². The van der Waals surface area contributed by atoms with Gasteiger partial charge in [0.15, 0.2) is 0 Å². The van der Waals surface area contributed by atoms with Crippen LogP contribution < -0.4 is 4.74 Å². The molecule has 3 aromatic rings. The number of fused-ring (bicyclic) bond motifs is 4. The molecular formula is C19H18BrNO. The molecule has 3 heteroatoms. The van der Waals surface area contributed by atoms with Crippen molar-refractivity contribution in [1.82, 2.24) is 4.98 Å². The standard InChI is InChI=1S/C19H18BrNO/c1-19(2)14-10-17(22-3)15(20)9-11(14)8-13-12-6-4-5-7-16(12)21-18(13)19/h4-7,9-10,21H,8H2,1-3H3. The predicted octanol–water partition coefficient (Wildman–Crippen LogP) is 5.17. The smallest absolute Gasteiger partial charge is 0.133 e. The van der Waals surface area contributed by atoms with Gasteiger partial charge in [-0.05, 0) is 50.8 Å². The first-order valence-corrected chi connectivity index (χ1v) is 8.28. The van der Waals surface area contributed by atoms with Crippen molar-refractivity contribution >= 4 is 26.8 Å². The Labute approximate surface area is 138 Å². The van der Waals surface area contributed by atoms with E-state index in [9.17, 15) is 0 Å². The van der Waals surface area contributed by atoms with Crippen molar-refractivity contribution in [1.29, 1.82) is 0 Å². The van der Waals surface area contributed by atoms with Crippen LogP contribution in [0.5, 0.6) is 5.75 Å². The molecule has 4 rings (SSSR count). The Kier molecular flexibility index (Phi) is 2.92. The van der Waals surface area contributed by atoms with Gasteiger partial charge >= 0.3 is 0 Å². The van der Waals surface area contributed by atoms with Crippen LogP contribution in [0.4, 0.5) is 0 Å².